The van der Waals surface area contributed by atoms with Gasteiger partial charge >= 0.3 is 12.0 Å². The number of urea groups is 1. The van der Waals surface area contributed by atoms with Crippen LogP contribution in [0.4, 0.5) is 10.5 Å². The second-order valence-electron chi connectivity index (χ2n) is 4.34. The van der Waals surface area contributed by atoms with Crippen molar-refractivity contribution in [3.8, 4) is 0 Å². The van der Waals surface area contributed by atoms with Crippen molar-refractivity contribution in [1.82, 2.24) is 4.90 Å². The Bertz CT molecular complexity index is 420. The summed E-state index contributed by atoms with van der Waals surface area (Å²) in [5.74, 6) is -0.277. The topological polar surface area (TPSA) is 58.6 Å². The van der Waals surface area contributed by atoms with Gasteiger partial charge in [-0.05, 0) is 25.5 Å². The third kappa shape index (κ3) is 5.73. The van der Waals surface area contributed by atoms with Gasteiger partial charge in [-0.1, -0.05) is 25.1 Å². The third-order valence-corrected chi connectivity index (χ3v) is 2.70. The molecule has 1 rings (SSSR count). The Morgan fingerprint density at radius 3 is 2.45 bits per heavy atom. The number of carbonyl (C=O) groups excluding carboxylic acids is 2. The Kier molecular flexibility index (Phi) is 7.17. The molecule has 0 radical (unpaired) electrons. The van der Waals surface area contributed by atoms with Gasteiger partial charge in [0.15, 0.2) is 0 Å². The van der Waals surface area contributed by atoms with E-state index in [4.69, 9.17) is 4.74 Å². The normalized spacial score (nSPS) is 9.90. The van der Waals surface area contributed by atoms with Crippen LogP contribution in [0.15, 0.2) is 30.3 Å². The lowest BCUT2D eigenvalue weighted by molar-refractivity contribution is -0.143. The molecule has 1 aromatic rings. The fourth-order valence-corrected chi connectivity index (χ4v) is 1.77. The second kappa shape index (κ2) is 8.96. The molecule has 0 bridgehead atoms. The van der Waals surface area contributed by atoms with Crippen molar-refractivity contribution in [1.29, 1.82) is 0 Å². The molecule has 20 heavy (non-hydrogen) atoms. The zero-order valence-corrected chi connectivity index (χ0v) is 12.1. The fourth-order valence-electron chi connectivity index (χ4n) is 1.77. The summed E-state index contributed by atoms with van der Waals surface area (Å²) < 4.78 is 4.87. The summed E-state index contributed by atoms with van der Waals surface area (Å²) in [6, 6.07) is 9.07. The largest absolute Gasteiger partial charge is 0.466 e. The molecule has 1 aromatic carbocycles. The second-order valence-corrected chi connectivity index (χ2v) is 4.34. The van der Waals surface area contributed by atoms with Crippen LogP contribution in [-0.2, 0) is 9.53 Å². The molecule has 0 unspecified atom stereocenters. The minimum absolute atomic E-state index is 0.192. The molecule has 0 atom stereocenters. The number of carbonyl (C=O) groups is 2. The van der Waals surface area contributed by atoms with E-state index in [1.165, 1.54) is 0 Å². The maximum absolute atomic E-state index is 12.1. The summed E-state index contributed by atoms with van der Waals surface area (Å²) >= 11 is 0. The lowest BCUT2D eigenvalue weighted by atomic mass is 10.3. The van der Waals surface area contributed by atoms with Gasteiger partial charge in [0.1, 0.15) is 0 Å². The van der Waals surface area contributed by atoms with Gasteiger partial charge < -0.3 is 15.0 Å². The number of amides is 2. The number of ether oxygens (including phenoxy) is 1. The Morgan fingerprint density at radius 1 is 1.15 bits per heavy atom. The molecular formula is C15H22N2O3. The molecular weight excluding hydrogens is 256 g/mol. The third-order valence-electron chi connectivity index (χ3n) is 2.70. The average Bonchev–Trinajstić information content (AvgIpc) is 2.44. The molecule has 110 valence electrons. The van der Waals surface area contributed by atoms with E-state index in [0.29, 0.717) is 19.7 Å². The molecule has 0 aromatic heterocycles. The smallest absolute Gasteiger partial charge is 0.321 e. The molecule has 0 heterocycles. The van der Waals surface area contributed by atoms with Crippen molar-refractivity contribution in [3.05, 3.63) is 30.3 Å². The minimum Gasteiger partial charge on any atom is -0.466 e. The first-order chi connectivity index (χ1) is 9.67. The summed E-state index contributed by atoms with van der Waals surface area (Å²) in [4.78, 5) is 25.1. The molecule has 0 saturated carbocycles. The number of nitrogens with zero attached hydrogens (tertiary/aromatic N) is 1. The van der Waals surface area contributed by atoms with Crippen molar-refractivity contribution >= 4 is 17.7 Å². The monoisotopic (exact) mass is 278 g/mol. The zero-order chi connectivity index (χ0) is 14.8. The van der Waals surface area contributed by atoms with E-state index in [1.807, 2.05) is 37.3 Å². The molecule has 0 spiro atoms. The van der Waals surface area contributed by atoms with Crippen LogP contribution in [0, 0.1) is 0 Å². The number of para-hydroxylation sites is 1. The average molecular weight is 278 g/mol. The Hall–Kier alpha value is -2.04. The SMILES string of the molecule is CCCN(CCC(=O)OCC)C(=O)Nc1ccccc1. The van der Waals surface area contributed by atoms with Crippen LogP contribution in [-0.4, -0.2) is 36.6 Å². The van der Waals surface area contributed by atoms with Gasteiger partial charge in [-0.15, -0.1) is 0 Å². The molecule has 0 fully saturated rings. The maximum atomic E-state index is 12.1. The quantitative estimate of drug-likeness (QED) is 0.780. The van der Waals surface area contributed by atoms with Crippen LogP contribution in [0.2, 0.25) is 0 Å². The number of nitrogens with one attached hydrogen (secondary N) is 1. The van der Waals surface area contributed by atoms with Crippen molar-refractivity contribution in [2.45, 2.75) is 26.7 Å². The highest BCUT2D eigenvalue weighted by molar-refractivity contribution is 5.89. The Morgan fingerprint density at radius 2 is 1.85 bits per heavy atom. The first kappa shape index (κ1) is 16.0. The molecule has 0 aliphatic rings. The molecule has 0 aliphatic heterocycles. The number of benzene rings is 1. The highest BCUT2D eigenvalue weighted by atomic mass is 16.5. The van der Waals surface area contributed by atoms with Gasteiger partial charge in [-0.2, -0.15) is 0 Å². The van der Waals surface area contributed by atoms with E-state index in [0.717, 1.165) is 12.1 Å². The zero-order valence-electron chi connectivity index (χ0n) is 12.1. The van der Waals surface area contributed by atoms with E-state index < -0.39 is 0 Å². The number of hydrogen-bond acceptors (Lipinski definition) is 3. The number of rotatable bonds is 7. The molecule has 0 saturated heterocycles. The van der Waals surface area contributed by atoms with Crippen LogP contribution in [0.3, 0.4) is 0 Å². The van der Waals surface area contributed by atoms with Gasteiger partial charge in [0.25, 0.3) is 0 Å². The van der Waals surface area contributed by atoms with E-state index in [-0.39, 0.29) is 18.4 Å². The summed E-state index contributed by atoms with van der Waals surface area (Å²) in [5, 5.41) is 2.82. The molecule has 1 N–H and O–H groups in total. The molecule has 5 nitrogen and oxygen atoms in total. The van der Waals surface area contributed by atoms with Crippen LogP contribution in [0.5, 0.6) is 0 Å². The van der Waals surface area contributed by atoms with Crippen LogP contribution in [0.1, 0.15) is 26.7 Å². The van der Waals surface area contributed by atoms with Crippen molar-refractivity contribution < 1.29 is 14.3 Å². The summed E-state index contributed by atoms with van der Waals surface area (Å²) in [5.41, 5.74) is 0.745. The van der Waals surface area contributed by atoms with Gasteiger partial charge in [0.05, 0.1) is 13.0 Å². The minimum atomic E-state index is -0.277. The molecule has 2 amide bonds. The highest BCUT2D eigenvalue weighted by Gasteiger charge is 2.14. The van der Waals surface area contributed by atoms with Crippen LogP contribution < -0.4 is 5.32 Å². The first-order valence-corrected chi connectivity index (χ1v) is 6.94. The standard InChI is InChI=1S/C15H22N2O3/c1-3-11-17(12-10-14(18)20-4-2)15(19)16-13-8-6-5-7-9-13/h5-9H,3-4,10-12H2,1-2H3,(H,16,19). The first-order valence-electron chi connectivity index (χ1n) is 6.94. The summed E-state index contributed by atoms with van der Waals surface area (Å²) in [6.45, 7) is 5.10. The van der Waals surface area contributed by atoms with Gasteiger partial charge in [0.2, 0.25) is 0 Å². The van der Waals surface area contributed by atoms with E-state index in [1.54, 1.807) is 11.8 Å². The van der Waals surface area contributed by atoms with E-state index in [9.17, 15) is 9.59 Å². The Balaban J connectivity index is 2.51. The number of anilines is 1. The predicted octanol–water partition coefficient (Wildman–Crippen LogP) is 2.88. The Labute approximate surface area is 119 Å². The van der Waals surface area contributed by atoms with Crippen LogP contribution >= 0.6 is 0 Å². The number of hydrogen-bond donors (Lipinski definition) is 1. The summed E-state index contributed by atoms with van der Waals surface area (Å²) in [7, 11) is 0. The van der Waals surface area contributed by atoms with Crippen molar-refractivity contribution in [2.75, 3.05) is 25.0 Å². The van der Waals surface area contributed by atoms with Gasteiger partial charge in [0, 0.05) is 18.8 Å². The maximum Gasteiger partial charge on any atom is 0.321 e. The van der Waals surface area contributed by atoms with Gasteiger partial charge in [-0.3, -0.25) is 4.79 Å². The fraction of sp³-hybridized carbons (Fsp3) is 0.467. The highest BCUT2D eigenvalue weighted by Crippen LogP contribution is 2.07. The van der Waals surface area contributed by atoms with Crippen LogP contribution in [0.25, 0.3) is 0 Å². The van der Waals surface area contributed by atoms with Crippen molar-refractivity contribution in [2.24, 2.45) is 0 Å². The van der Waals surface area contributed by atoms with Gasteiger partial charge in [-0.25, -0.2) is 4.79 Å². The lowest BCUT2D eigenvalue weighted by Crippen LogP contribution is -2.37. The van der Waals surface area contributed by atoms with E-state index in [2.05, 4.69) is 5.32 Å². The summed E-state index contributed by atoms with van der Waals surface area (Å²) in [6.07, 6.45) is 1.06. The molecule has 5 heteroatoms. The lowest BCUT2D eigenvalue weighted by Gasteiger charge is -2.22. The van der Waals surface area contributed by atoms with E-state index >= 15 is 0 Å². The number of esters is 1. The molecule has 0 aliphatic carbocycles. The predicted molar refractivity (Wildman–Crippen MR) is 78.6 cm³/mol. The van der Waals surface area contributed by atoms with Crippen molar-refractivity contribution in [3.63, 3.8) is 0 Å².